The van der Waals surface area contributed by atoms with E-state index in [2.05, 4.69) is 68.6 Å². The number of rotatable bonds is 5. The van der Waals surface area contributed by atoms with E-state index in [-0.39, 0.29) is 17.2 Å². The summed E-state index contributed by atoms with van der Waals surface area (Å²) in [6, 6.07) is 24.5. The Labute approximate surface area is 178 Å². The van der Waals surface area contributed by atoms with Crippen molar-refractivity contribution in [2.75, 3.05) is 31.1 Å². The van der Waals surface area contributed by atoms with E-state index in [1.807, 2.05) is 12.1 Å². The third-order valence-electron chi connectivity index (χ3n) is 5.81. The second-order valence-corrected chi connectivity index (χ2v) is 7.57. The second kappa shape index (κ2) is 8.16. The van der Waals surface area contributed by atoms with E-state index in [9.17, 15) is 10.1 Å². The first-order valence-corrected chi connectivity index (χ1v) is 10.2. The number of hydrogen-bond donors (Lipinski definition) is 0. The molecule has 0 atom stereocenters. The Balaban J connectivity index is 1.42. The number of benzene rings is 3. The van der Waals surface area contributed by atoms with E-state index in [0.717, 1.165) is 13.1 Å². The van der Waals surface area contributed by atoms with Crippen molar-refractivity contribution >= 4 is 22.4 Å². The summed E-state index contributed by atoms with van der Waals surface area (Å²) in [6.45, 7) is 2.91. The lowest BCUT2D eigenvalue weighted by atomic mass is 9.96. The van der Waals surface area contributed by atoms with Crippen molar-refractivity contribution in [3.8, 4) is 0 Å². The highest BCUT2D eigenvalue weighted by molar-refractivity contribution is 5.91. The van der Waals surface area contributed by atoms with E-state index >= 15 is 0 Å². The highest BCUT2D eigenvalue weighted by atomic mass is 16.6. The SMILES string of the molecule is O=[N+]([O-])c1c(N2CCN(C(c3ccccc3)c3ccccc3)CC2)ccc2nonc12. The smallest absolute Gasteiger partial charge is 0.323 e. The van der Waals surface area contributed by atoms with Gasteiger partial charge in [0.15, 0.2) is 0 Å². The Hall–Kier alpha value is -3.78. The number of hydrogen-bond acceptors (Lipinski definition) is 7. The van der Waals surface area contributed by atoms with E-state index in [4.69, 9.17) is 4.63 Å². The number of piperazine rings is 1. The highest BCUT2D eigenvalue weighted by Crippen LogP contribution is 2.36. The van der Waals surface area contributed by atoms with Gasteiger partial charge < -0.3 is 4.90 Å². The molecule has 0 bridgehead atoms. The van der Waals surface area contributed by atoms with Crippen molar-refractivity contribution < 1.29 is 9.55 Å². The van der Waals surface area contributed by atoms with Crippen molar-refractivity contribution in [3.63, 3.8) is 0 Å². The average Bonchev–Trinajstić information content (AvgIpc) is 3.29. The second-order valence-electron chi connectivity index (χ2n) is 7.57. The molecule has 0 spiro atoms. The van der Waals surface area contributed by atoms with Gasteiger partial charge in [0, 0.05) is 26.2 Å². The molecule has 156 valence electrons. The Morgan fingerprint density at radius 2 is 1.45 bits per heavy atom. The van der Waals surface area contributed by atoms with Crippen LogP contribution >= 0.6 is 0 Å². The summed E-state index contributed by atoms with van der Waals surface area (Å²) in [5.74, 6) is 0. The van der Waals surface area contributed by atoms with Crippen molar-refractivity contribution in [2.45, 2.75) is 6.04 Å². The van der Waals surface area contributed by atoms with Gasteiger partial charge in [0.25, 0.3) is 0 Å². The molecule has 0 radical (unpaired) electrons. The fourth-order valence-corrected chi connectivity index (χ4v) is 4.37. The van der Waals surface area contributed by atoms with E-state index in [1.165, 1.54) is 11.1 Å². The maximum atomic E-state index is 11.8. The number of fused-ring (bicyclic) bond motifs is 1. The maximum Gasteiger partial charge on any atom is 0.323 e. The molecule has 1 aliphatic rings. The van der Waals surface area contributed by atoms with Crippen LogP contribution in [0.3, 0.4) is 0 Å². The van der Waals surface area contributed by atoms with Gasteiger partial charge >= 0.3 is 5.69 Å². The minimum atomic E-state index is -0.398. The third-order valence-corrected chi connectivity index (χ3v) is 5.81. The molecule has 4 aromatic rings. The first-order chi connectivity index (χ1) is 15.2. The van der Waals surface area contributed by atoms with Crippen LogP contribution in [0.15, 0.2) is 77.4 Å². The molecule has 0 aliphatic carbocycles. The minimum Gasteiger partial charge on any atom is -0.363 e. The van der Waals surface area contributed by atoms with E-state index in [1.54, 1.807) is 12.1 Å². The summed E-state index contributed by atoms with van der Waals surface area (Å²) in [4.78, 5) is 15.9. The van der Waals surface area contributed by atoms with E-state index in [0.29, 0.717) is 24.3 Å². The van der Waals surface area contributed by atoms with Gasteiger partial charge in [0.05, 0.1) is 11.0 Å². The largest absolute Gasteiger partial charge is 0.363 e. The van der Waals surface area contributed by atoms with Gasteiger partial charge in [-0.15, -0.1) is 0 Å². The molecule has 0 N–H and O–H groups in total. The highest BCUT2D eigenvalue weighted by Gasteiger charge is 2.31. The van der Waals surface area contributed by atoms with Gasteiger partial charge in [-0.3, -0.25) is 15.0 Å². The molecule has 1 aliphatic heterocycles. The Morgan fingerprint density at radius 1 is 0.839 bits per heavy atom. The summed E-state index contributed by atoms with van der Waals surface area (Å²) in [5, 5.41) is 19.3. The summed E-state index contributed by atoms with van der Waals surface area (Å²) in [6.07, 6.45) is 0. The third kappa shape index (κ3) is 3.62. The monoisotopic (exact) mass is 415 g/mol. The summed E-state index contributed by atoms with van der Waals surface area (Å²) in [5.41, 5.74) is 3.57. The molecule has 0 unspecified atom stereocenters. The number of aromatic nitrogens is 2. The molecule has 8 nitrogen and oxygen atoms in total. The van der Waals surface area contributed by atoms with Gasteiger partial charge in [0.1, 0.15) is 11.2 Å². The molecular formula is C23H21N5O3. The van der Waals surface area contributed by atoms with Crippen LogP contribution in [0.4, 0.5) is 11.4 Å². The molecule has 0 amide bonds. The molecule has 1 fully saturated rings. The van der Waals surface area contributed by atoms with Gasteiger partial charge in [-0.25, -0.2) is 4.63 Å². The lowest BCUT2D eigenvalue weighted by molar-refractivity contribution is -0.382. The van der Waals surface area contributed by atoms with Gasteiger partial charge in [0.2, 0.25) is 5.52 Å². The lowest BCUT2D eigenvalue weighted by Crippen LogP contribution is -2.48. The maximum absolute atomic E-state index is 11.8. The van der Waals surface area contributed by atoms with Crippen molar-refractivity contribution in [1.29, 1.82) is 0 Å². The number of nitro groups is 1. The Morgan fingerprint density at radius 3 is 2.03 bits per heavy atom. The zero-order chi connectivity index (χ0) is 21.2. The average molecular weight is 415 g/mol. The molecule has 5 rings (SSSR count). The number of nitro benzene ring substituents is 1. The van der Waals surface area contributed by atoms with Crippen LogP contribution in [0.5, 0.6) is 0 Å². The molecule has 1 saturated heterocycles. The van der Waals surface area contributed by atoms with Crippen LogP contribution < -0.4 is 4.90 Å². The van der Waals surface area contributed by atoms with Gasteiger partial charge in [-0.2, -0.15) is 0 Å². The molecule has 2 heterocycles. The first-order valence-electron chi connectivity index (χ1n) is 10.2. The summed E-state index contributed by atoms with van der Waals surface area (Å²) >= 11 is 0. The predicted molar refractivity (Wildman–Crippen MR) is 117 cm³/mol. The summed E-state index contributed by atoms with van der Waals surface area (Å²) in [7, 11) is 0. The van der Waals surface area contributed by atoms with Crippen LogP contribution in [0, 0.1) is 10.1 Å². The Bertz CT molecular complexity index is 1150. The molecule has 1 aromatic heterocycles. The summed E-state index contributed by atoms with van der Waals surface area (Å²) < 4.78 is 4.71. The fourth-order valence-electron chi connectivity index (χ4n) is 4.37. The molecule has 3 aromatic carbocycles. The standard InChI is InChI=1S/C23H21N5O3/c29-28(30)23-20(12-11-19-21(23)25-31-24-19)26-13-15-27(16-14-26)22(17-7-3-1-4-8-17)18-9-5-2-6-10-18/h1-12,22H,13-16H2. The van der Waals surface area contributed by atoms with Crippen molar-refractivity contribution in [1.82, 2.24) is 15.2 Å². The van der Waals surface area contributed by atoms with Gasteiger partial charge in [-0.1, -0.05) is 60.7 Å². The first kappa shape index (κ1) is 19.2. The van der Waals surface area contributed by atoms with Crippen LogP contribution in [0.25, 0.3) is 11.0 Å². The van der Waals surface area contributed by atoms with Crippen LogP contribution in [0.2, 0.25) is 0 Å². The lowest BCUT2D eigenvalue weighted by Gasteiger charge is -2.40. The zero-order valence-electron chi connectivity index (χ0n) is 16.8. The molecular weight excluding hydrogens is 394 g/mol. The van der Waals surface area contributed by atoms with Crippen molar-refractivity contribution in [3.05, 3.63) is 94.0 Å². The minimum absolute atomic E-state index is 0.0464. The quantitative estimate of drug-likeness (QED) is 0.359. The molecule has 31 heavy (non-hydrogen) atoms. The van der Waals surface area contributed by atoms with Crippen LogP contribution in [-0.4, -0.2) is 46.3 Å². The topological polar surface area (TPSA) is 88.5 Å². The number of nitrogens with zero attached hydrogens (tertiary/aromatic N) is 5. The zero-order valence-corrected chi connectivity index (χ0v) is 16.8. The molecule has 8 heteroatoms. The van der Waals surface area contributed by atoms with Crippen LogP contribution in [0.1, 0.15) is 17.2 Å². The van der Waals surface area contributed by atoms with Gasteiger partial charge in [-0.05, 0) is 33.6 Å². The normalized spacial score (nSPS) is 14.9. The predicted octanol–water partition coefficient (Wildman–Crippen LogP) is 4.04. The number of anilines is 1. The molecule has 0 saturated carbocycles. The fraction of sp³-hybridized carbons (Fsp3) is 0.217. The van der Waals surface area contributed by atoms with E-state index < -0.39 is 4.92 Å². The van der Waals surface area contributed by atoms with Crippen LogP contribution in [-0.2, 0) is 0 Å². The van der Waals surface area contributed by atoms with Crippen molar-refractivity contribution in [2.24, 2.45) is 0 Å². The Kier molecular flexibility index (Phi) is 5.05.